The van der Waals surface area contributed by atoms with E-state index in [1.807, 2.05) is 30.3 Å². The van der Waals surface area contributed by atoms with Gasteiger partial charge in [-0.2, -0.15) is 10.2 Å². The summed E-state index contributed by atoms with van der Waals surface area (Å²) in [6.45, 7) is 5.96. The molecule has 174 valence electrons. The van der Waals surface area contributed by atoms with Gasteiger partial charge in [0.2, 0.25) is 5.95 Å². The molecule has 9 nitrogen and oxygen atoms in total. The van der Waals surface area contributed by atoms with Crippen molar-refractivity contribution in [2.24, 2.45) is 0 Å². The van der Waals surface area contributed by atoms with Crippen LogP contribution in [0.2, 0.25) is 0 Å². The normalized spacial score (nSPS) is 16.3. The average Bonchev–Trinajstić information content (AvgIpc) is 2.93. The molecule has 34 heavy (non-hydrogen) atoms. The Hall–Kier alpha value is -3.90. The fourth-order valence-corrected chi connectivity index (χ4v) is 4.30. The Morgan fingerprint density at radius 1 is 0.912 bits per heavy atom. The molecule has 1 aromatic carbocycles. The van der Waals surface area contributed by atoms with E-state index in [1.165, 1.54) is 0 Å². The summed E-state index contributed by atoms with van der Waals surface area (Å²) in [4.78, 5) is 20.9. The van der Waals surface area contributed by atoms with Gasteiger partial charge in [-0.3, -0.25) is 0 Å². The highest BCUT2D eigenvalue weighted by atomic mass is 16.5. The van der Waals surface area contributed by atoms with Gasteiger partial charge in [0.1, 0.15) is 23.5 Å². The van der Waals surface area contributed by atoms with E-state index in [2.05, 4.69) is 31.8 Å². The largest absolute Gasteiger partial charge is 0.497 e. The van der Waals surface area contributed by atoms with Crippen molar-refractivity contribution in [2.45, 2.75) is 0 Å². The lowest BCUT2D eigenvalue weighted by atomic mass is 10.1. The van der Waals surface area contributed by atoms with Crippen molar-refractivity contribution in [3.05, 3.63) is 54.2 Å². The lowest BCUT2D eigenvalue weighted by Crippen LogP contribution is -2.47. The third-order valence-electron chi connectivity index (χ3n) is 6.17. The van der Waals surface area contributed by atoms with Crippen LogP contribution in [-0.2, 0) is 4.74 Å². The van der Waals surface area contributed by atoms with E-state index in [4.69, 9.17) is 19.4 Å². The van der Waals surface area contributed by atoms with Gasteiger partial charge in [0, 0.05) is 57.1 Å². The summed E-state index contributed by atoms with van der Waals surface area (Å²) in [6, 6.07) is 15.9. The molecule has 2 aliphatic rings. The second-order valence-corrected chi connectivity index (χ2v) is 8.20. The van der Waals surface area contributed by atoms with Crippen LogP contribution >= 0.6 is 0 Å². The fourth-order valence-electron chi connectivity index (χ4n) is 4.30. The highest BCUT2D eigenvalue weighted by molar-refractivity contribution is 5.67. The smallest absolute Gasteiger partial charge is 0.228 e. The van der Waals surface area contributed by atoms with Crippen LogP contribution < -0.4 is 19.4 Å². The van der Waals surface area contributed by atoms with Crippen LogP contribution in [0.25, 0.3) is 11.3 Å². The van der Waals surface area contributed by atoms with E-state index in [0.717, 1.165) is 73.9 Å². The number of nitriles is 1. The maximum Gasteiger partial charge on any atom is 0.228 e. The minimum absolute atomic E-state index is 0.605. The Kier molecular flexibility index (Phi) is 6.40. The van der Waals surface area contributed by atoms with Crippen LogP contribution in [0.15, 0.2) is 48.7 Å². The minimum Gasteiger partial charge on any atom is -0.497 e. The van der Waals surface area contributed by atoms with Crippen molar-refractivity contribution in [2.75, 3.05) is 74.3 Å². The van der Waals surface area contributed by atoms with E-state index in [0.29, 0.717) is 18.8 Å². The summed E-state index contributed by atoms with van der Waals surface area (Å²) in [5.74, 6) is 3.16. The summed E-state index contributed by atoms with van der Waals surface area (Å²) < 4.78 is 11.0. The van der Waals surface area contributed by atoms with E-state index < -0.39 is 0 Å². The first-order valence-electron chi connectivity index (χ1n) is 11.5. The first-order valence-corrected chi connectivity index (χ1v) is 11.5. The molecule has 9 heteroatoms. The van der Waals surface area contributed by atoms with E-state index in [1.54, 1.807) is 19.4 Å². The molecule has 0 spiro atoms. The third-order valence-corrected chi connectivity index (χ3v) is 6.17. The zero-order chi connectivity index (χ0) is 23.3. The number of rotatable bonds is 5. The quantitative estimate of drug-likeness (QED) is 0.573. The number of hydrogen-bond acceptors (Lipinski definition) is 9. The molecule has 0 atom stereocenters. The number of benzene rings is 1. The standard InChI is InChI=1S/C25H27N7O2/c1-33-21-6-2-4-19(16-21)22-17-23(29-25(28-22)32-12-14-34-15-13-32)30-8-10-31(11-9-30)24-20(18-26)5-3-7-27-24/h2-7,16-17H,8-15H2,1H3. The molecule has 2 aromatic heterocycles. The number of nitrogens with zero attached hydrogens (tertiary/aromatic N) is 7. The molecule has 2 saturated heterocycles. The Labute approximate surface area is 199 Å². The molecule has 0 N–H and O–H groups in total. The number of methoxy groups -OCH3 is 1. The number of morpholine rings is 1. The van der Waals surface area contributed by atoms with E-state index >= 15 is 0 Å². The van der Waals surface area contributed by atoms with E-state index in [9.17, 15) is 5.26 Å². The van der Waals surface area contributed by atoms with Gasteiger partial charge >= 0.3 is 0 Å². The summed E-state index contributed by atoms with van der Waals surface area (Å²) in [5.41, 5.74) is 2.46. The number of piperazine rings is 1. The van der Waals surface area contributed by atoms with Gasteiger partial charge in [0.25, 0.3) is 0 Å². The van der Waals surface area contributed by atoms with Crippen molar-refractivity contribution in [1.29, 1.82) is 5.26 Å². The molecule has 5 rings (SSSR count). The Morgan fingerprint density at radius 2 is 1.71 bits per heavy atom. The van der Waals surface area contributed by atoms with Crippen LogP contribution in [0, 0.1) is 11.3 Å². The lowest BCUT2D eigenvalue weighted by molar-refractivity contribution is 0.122. The predicted molar refractivity (Wildman–Crippen MR) is 130 cm³/mol. The first-order chi connectivity index (χ1) is 16.7. The molecule has 0 aliphatic carbocycles. The molecule has 0 amide bonds. The van der Waals surface area contributed by atoms with Crippen molar-refractivity contribution in [3.63, 3.8) is 0 Å². The average molecular weight is 458 g/mol. The second kappa shape index (κ2) is 9.93. The second-order valence-electron chi connectivity index (χ2n) is 8.20. The molecular weight excluding hydrogens is 430 g/mol. The van der Waals surface area contributed by atoms with Gasteiger partial charge in [-0.25, -0.2) is 9.97 Å². The van der Waals surface area contributed by atoms with Crippen molar-refractivity contribution >= 4 is 17.6 Å². The molecule has 3 aromatic rings. The molecule has 0 bridgehead atoms. The first kappa shape index (κ1) is 21.9. The molecule has 0 saturated carbocycles. The minimum atomic E-state index is 0.605. The van der Waals surface area contributed by atoms with Crippen LogP contribution in [-0.4, -0.2) is 74.5 Å². The van der Waals surface area contributed by atoms with Gasteiger partial charge in [-0.1, -0.05) is 12.1 Å². The van der Waals surface area contributed by atoms with Gasteiger partial charge in [0.15, 0.2) is 0 Å². The number of hydrogen-bond donors (Lipinski definition) is 0. The summed E-state index contributed by atoms with van der Waals surface area (Å²) >= 11 is 0. The SMILES string of the molecule is COc1cccc(-c2cc(N3CCN(c4ncccc4C#N)CC3)nc(N3CCOCC3)n2)c1. The molecule has 0 unspecified atom stereocenters. The monoisotopic (exact) mass is 457 g/mol. The zero-order valence-electron chi connectivity index (χ0n) is 19.2. The van der Waals surface area contributed by atoms with Crippen molar-refractivity contribution in [3.8, 4) is 23.1 Å². The topological polar surface area (TPSA) is 90.6 Å². The van der Waals surface area contributed by atoms with E-state index in [-0.39, 0.29) is 0 Å². The maximum absolute atomic E-state index is 9.44. The predicted octanol–water partition coefficient (Wildman–Crippen LogP) is 2.58. The number of aromatic nitrogens is 3. The molecule has 2 fully saturated rings. The number of anilines is 3. The highest BCUT2D eigenvalue weighted by Gasteiger charge is 2.24. The van der Waals surface area contributed by atoms with Gasteiger partial charge in [-0.05, 0) is 24.3 Å². The maximum atomic E-state index is 9.44. The fraction of sp³-hybridized carbons (Fsp3) is 0.360. The summed E-state index contributed by atoms with van der Waals surface area (Å²) in [6.07, 6.45) is 1.74. The third kappa shape index (κ3) is 4.58. The zero-order valence-corrected chi connectivity index (χ0v) is 19.2. The van der Waals surface area contributed by atoms with Gasteiger partial charge < -0.3 is 24.2 Å². The summed E-state index contributed by atoms with van der Waals surface area (Å²) in [7, 11) is 1.67. The van der Waals surface area contributed by atoms with Crippen LogP contribution in [0.3, 0.4) is 0 Å². The van der Waals surface area contributed by atoms with Crippen LogP contribution in [0.5, 0.6) is 5.75 Å². The molecule has 0 radical (unpaired) electrons. The molecule has 4 heterocycles. The molecule has 2 aliphatic heterocycles. The number of ether oxygens (including phenoxy) is 2. The highest BCUT2D eigenvalue weighted by Crippen LogP contribution is 2.29. The van der Waals surface area contributed by atoms with Gasteiger partial charge in [0.05, 0.1) is 31.6 Å². The van der Waals surface area contributed by atoms with Crippen LogP contribution in [0.4, 0.5) is 17.6 Å². The van der Waals surface area contributed by atoms with Crippen LogP contribution in [0.1, 0.15) is 5.56 Å². The summed E-state index contributed by atoms with van der Waals surface area (Å²) in [5, 5.41) is 9.44. The Balaban J connectivity index is 1.43. The Bertz CT molecular complexity index is 1180. The number of pyridine rings is 1. The van der Waals surface area contributed by atoms with Crippen molar-refractivity contribution < 1.29 is 9.47 Å². The van der Waals surface area contributed by atoms with Gasteiger partial charge in [-0.15, -0.1) is 0 Å². The Morgan fingerprint density at radius 3 is 2.47 bits per heavy atom. The molecular formula is C25H27N7O2. The van der Waals surface area contributed by atoms with Crippen molar-refractivity contribution in [1.82, 2.24) is 15.0 Å². The lowest BCUT2D eigenvalue weighted by Gasteiger charge is -2.37.